The van der Waals surface area contributed by atoms with Gasteiger partial charge in [0.1, 0.15) is 5.75 Å². The number of hydrogen-bond acceptors (Lipinski definition) is 6. The van der Waals surface area contributed by atoms with Gasteiger partial charge in [0, 0.05) is 0 Å². The molecule has 0 aromatic heterocycles. The zero-order chi connectivity index (χ0) is 22.9. The second-order valence-electron chi connectivity index (χ2n) is 6.97. The van der Waals surface area contributed by atoms with Crippen LogP contribution in [-0.2, 0) is 4.79 Å². The van der Waals surface area contributed by atoms with Gasteiger partial charge in [-0.15, -0.1) is 0 Å². The molecule has 0 fully saturated rings. The first kappa shape index (κ1) is 22.6. The van der Waals surface area contributed by atoms with E-state index in [9.17, 15) is 9.59 Å². The zero-order valence-electron chi connectivity index (χ0n) is 18.1. The summed E-state index contributed by atoms with van der Waals surface area (Å²) in [6.45, 7) is 3.69. The molecular weight excluding hydrogens is 408 g/mol. The van der Waals surface area contributed by atoms with Gasteiger partial charge in [0.05, 0.1) is 18.9 Å². The Morgan fingerprint density at radius 1 is 0.938 bits per heavy atom. The van der Waals surface area contributed by atoms with E-state index in [2.05, 4.69) is 10.5 Å². The molecular formula is C25H24N2O5. The summed E-state index contributed by atoms with van der Waals surface area (Å²) in [4.78, 5) is 24.3. The van der Waals surface area contributed by atoms with Gasteiger partial charge >= 0.3 is 5.97 Å². The standard InChI is InChI=1S/C25H24N2O5/c1-17-8-7-9-18(2)24(17)31-16-23(28)27-26-15-19-12-13-21(22(14-19)30-3)32-25(29)20-10-5-4-6-11-20/h4-15H,16H2,1-3H3,(H,27,28)/b26-15-. The monoisotopic (exact) mass is 432 g/mol. The van der Waals surface area contributed by atoms with Gasteiger partial charge in [-0.25, -0.2) is 10.2 Å². The van der Waals surface area contributed by atoms with Gasteiger partial charge in [0.25, 0.3) is 5.91 Å². The van der Waals surface area contributed by atoms with Crippen LogP contribution in [0.4, 0.5) is 0 Å². The highest BCUT2D eigenvalue weighted by Crippen LogP contribution is 2.28. The Morgan fingerprint density at radius 2 is 1.66 bits per heavy atom. The van der Waals surface area contributed by atoms with Crippen molar-refractivity contribution in [3.63, 3.8) is 0 Å². The van der Waals surface area contributed by atoms with E-state index < -0.39 is 5.97 Å². The highest BCUT2D eigenvalue weighted by molar-refractivity contribution is 5.91. The number of rotatable bonds is 8. The molecule has 1 amide bonds. The fraction of sp³-hybridized carbons (Fsp3) is 0.160. The minimum atomic E-state index is -0.485. The molecule has 0 aliphatic rings. The maximum absolute atomic E-state index is 12.3. The molecule has 3 aromatic carbocycles. The molecule has 3 aromatic rings. The number of amides is 1. The lowest BCUT2D eigenvalue weighted by molar-refractivity contribution is -0.123. The van der Waals surface area contributed by atoms with Crippen molar-refractivity contribution in [2.45, 2.75) is 13.8 Å². The minimum absolute atomic E-state index is 0.152. The lowest BCUT2D eigenvalue weighted by Crippen LogP contribution is -2.25. The number of hydrogen-bond donors (Lipinski definition) is 1. The number of hydrazone groups is 1. The van der Waals surface area contributed by atoms with Gasteiger partial charge in [-0.3, -0.25) is 4.79 Å². The SMILES string of the molecule is COc1cc(/C=N\NC(=O)COc2c(C)cccc2C)ccc1OC(=O)c1ccccc1. The molecule has 0 atom stereocenters. The van der Waals surface area contributed by atoms with E-state index in [1.54, 1.807) is 42.5 Å². The van der Waals surface area contributed by atoms with Crippen molar-refractivity contribution in [1.82, 2.24) is 5.43 Å². The van der Waals surface area contributed by atoms with Crippen LogP contribution in [0.25, 0.3) is 0 Å². The number of para-hydroxylation sites is 1. The Bertz CT molecular complexity index is 1110. The number of aryl methyl sites for hydroxylation is 2. The fourth-order valence-electron chi connectivity index (χ4n) is 2.96. The largest absolute Gasteiger partial charge is 0.493 e. The van der Waals surface area contributed by atoms with Crippen molar-refractivity contribution in [3.05, 3.63) is 89.0 Å². The average molecular weight is 432 g/mol. The predicted molar refractivity (Wildman–Crippen MR) is 122 cm³/mol. The average Bonchev–Trinajstić information content (AvgIpc) is 2.80. The first-order valence-corrected chi connectivity index (χ1v) is 9.94. The van der Waals surface area contributed by atoms with E-state index in [1.807, 2.05) is 38.1 Å². The normalized spacial score (nSPS) is 10.6. The van der Waals surface area contributed by atoms with Crippen LogP contribution in [0.1, 0.15) is 27.0 Å². The molecule has 1 N–H and O–H groups in total. The van der Waals surface area contributed by atoms with E-state index in [1.165, 1.54) is 13.3 Å². The molecule has 32 heavy (non-hydrogen) atoms. The van der Waals surface area contributed by atoms with Crippen molar-refractivity contribution in [1.29, 1.82) is 0 Å². The van der Waals surface area contributed by atoms with Gasteiger partial charge in [-0.05, 0) is 60.9 Å². The summed E-state index contributed by atoms with van der Waals surface area (Å²) < 4.78 is 16.3. The summed E-state index contributed by atoms with van der Waals surface area (Å²) in [5.74, 6) is 0.468. The molecule has 0 bridgehead atoms. The third-order valence-electron chi connectivity index (χ3n) is 4.56. The lowest BCUT2D eigenvalue weighted by atomic mass is 10.1. The molecule has 0 unspecified atom stereocenters. The second-order valence-corrected chi connectivity index (χ2v) is 6.97. The van der Waals surface area contributed by atoms with Crippen LogP contribution in [0.15, 0.2) is 71.8 Å². The quantitative estimate of drug-likeness (QED) is 0.251. The van der Waals surface area contributed by atoms with Crippen LogP contribution >= 0.6 is 0 Å². The third kappa shape index (κ3) is 5.95. The smallest absolute Gasteiger partial charge is 0.343 e. The van der Waals surface area contributed by atoms with Gasteiger partial charge in [0.2, 0.25) is 0 Å². The summed E-state index contributed by atoms with van der Waals surface area (Å²) in [5.41, 5.74) is 5.43. The van der Waals surface area contributed by atoms with Crippen LogP contribution in [0.2, 0.25) is 0 Å². The van der Waals surface area contributed by atoms with Crippen molar-refractivity contribution in [3.8, 4) is 17.2 Å². The van der Waals surface area contributed by atoms with Crippen LogP contribution in [0, 0.1) is 13.8 Å². The van der Waals surface area contributed by atoms with E-state index in [4.69, 9.17) is 14.2 Å². The highest BCUT2D eigenvalue weighted by Gasteiger charge is 2.12. The third-order valence-corrected chi connectivity index (χ3v) is 4.56. The van der Waals surface area contributed by atoms with Crippen molar-refractivity contribution in [2.75, 3.05) is 13.7 Å². The summed E-state index contributed by atoms with van der Waals surface area (Å²) in [7, 11) is 1.47. The number of carbonyl (C=O) groups excluding carboxylic acids is 2. The van der Waals surface area contributed by atoms with Crippen molar-refractivity contribution in [2.24, 2.45) is 5.10 Å². The molecule has 7 nitrogen and oxygen atoms in total. The van der Waals surface area contributed by atoms with E-state index >= 15 is 0 Å². The first-order chi connectivity index (χ1) is 15.5. The highest BCUT2D eigenvalue weighted by atomic mass is 16.6. The first-order valence-electron chi connectivity index (χ1n) is 9.94. The van der Waals surface area contributed by atoms with Crippen molar-refractivity contribution >= 4 is 18.1 Å². The van der Waals surface area contributed by atoms with Crippen LogP contribution < -0.4 is 19.6 Å². The van der Waals surface area contributed by atoms with Gasteiger partial charge in [0.15, 0.2) is 18.1 Å². The molecule has 164 valence electrons. The molecule has 0 aliphatic heterocycles. The fourth-order valence-corrected chi connectivity index (χ4v) is 2.96. The van der Waals surface area contributed by atoms with Crippen LogP contribution in [0.5, 0.6) is 17.2 Å². The number of nitrogens with zero attached hydrogens (tertiary/aromatic N) is 1. The van der Waals surface area contributed by atoms with Crippen LogP contribution in [-0.4, -0.2) is 31.8 Å². The molecule has 0 heterocycles. The number of nitrogens with one attached hydrogen (secondary N) is 1. The predicted octanol–water partition coefficient (Wildman–Crippen LogP) is 4.06. The van der Waals surface area contributed by atoms with E-state index in [-0.39, 0.29) is 18.3 Å². The summed E-state index contributed by atoms with van der Waals surface area (Å²) >= 11 is 0. The van der Waals surface area contributed by atoms with Crippen molar-refractivity contribution < 1.29 is 23.8 Å². The van der Waals surface area contributed by atoms with Gasteiger partial charge in [-0.2, -0.15) is 5.10 Å². The topological polar surface area (TPSA) is 86.2 Å². The molecule has 0 radical (unpaired) electrons. The number of carbonyl (C=O) groups is 2. The van der Waals surface area contributed by atoms with Gasteiger partial charge < -0.3 is 14.2 Å². The van der Waals surface area contributed by atoms with Gasteiger partial charge in [-0.1, -0.05) is 36.4 Å². The molecule has 0 saturated carbocycles. The Kier molecular flexibility index (Phi) is 7.59. The molecule has 0 aliphatic carbocycles. The number of esters is 1. The summed E-state index contributed by atoms with van der Waals surface area (Å²) in [6, 6.07) is 19.4. The number of methoxy groups -OCH3 is 1. The van der Waals surface area contributed by atoms with Crippen LogP contribution in [0.3, 0.4) is 0 Å². The molecule has 0 saturated heterocycles. The second kappa shape index (κ2) is 10.8. The van der Waals surface area contributed by atoms with E-state index in [0.29, 0.717) is 22.6 Å². The summed E-state index contributed by atoms with van der Waals surface area (Å²) in [5, 5.41) is 3.94. The summed E-state index contributed by atoms with van der Waals surface area (Å²) in [6.07, 6.45) is 1.46. The maximum atomic E-state index is 12.3. The Balaban J connectivity index is 1.57. The Morgan fingerprint density at radius 3 is 2.34 bits per heavy atom. The maximum Gasteiger partial charge on any atom is 0.343 e. The number of benzene rings is 3. The molecule has 3 rings (SSSR count). The Labute approximate surface area is 186 Å². The minimum Gasteiger partial charge on any atom is -0.493 e. The lowest BCUT2D eigenvalue weighted by Gasteiger charge is -2.11. The van der Waals surface area contributed by atoms with E-state index in [0.717, 1.165) is 11.1 Å². The molecule has 0 spiro atoms. The Hall–Kier alpha value is -4.13. The number of ether oxygens (including phenoxy) is 3. The molecule has 7 heteroatoms. The zero-order valence-corrected chi connectivity index (χ0v) is 18.1.